The molecule has 0 bridgehead atoms. The summed E-state index contributed by atoms with van der Waals surface area (Å²) in [5, 5.41) is 8.92. The first-order valence-electron chi connectivity index (χ1n) is 12.1. The van der Waals surface area contributed by atoms with Crippen LogP contribution in [-0.2, 0) is 14.4 Å². The summed E-state index contributed by atoms with van der Waals surface area (Å²) in [6, 6.07) is 11.3. The van der Waals surface area contributed by atoms with Gasteiger partial charge < -0.3 is 14.7 Å². The Morgan fingerprint density at radius 3 is 2.09 bits per heavy atom. The van der Waals surface area contributed by atoms with E-state index in [2.05, 4.69) is 11.0 Å². The zero-order valence-corrected chi connectivity index (χ0v) is 19.5. The molecule has 0 radical (unpaired) electrons. The standard InChI is InChI=1S/C25H35N5O3/c26-13-8-16-30(22-9-4-3-5-10-22)24(32)12-11-23(31)29-19-17-27(18-20-29)21-25(33)28-14-6-1-2-7-15-28/h3-5,9-10H,1-2,6-8,11-12,14-21H2. The largest absolute Gasteiger partial charge is 0.342 e. The van der Waals surface area contributed by atoms with Gasteiger partial charge in [0, 0.05) is 64.3 Å². The van der Waals surface area contributed by atoms with Crippen molar-refractivity contribution < 1.29 is 14.4 Å². The lowest BCUT2D eigenvalue weighted by Crippen LogP contribution is -2.51. The third-order valence-electron chi connectivity index (χ3n) is 6.41. The molecule has 0 atom stereocenters. The van der Waals surface area contributed by atoms with E-state index in [0.717, 1.165) is 31.6 Å². The van der Waals surface area contributed by atoms with Crippen LogP contribution >= 0.6 is 0 Å². The van der Waals surface area contributed by atoms with Crippen molar-refractivity contribution in [2.24, 2.45) is 0 Å². The summed E-state index contributed by atoms with van der Waals surface area (Å²) < 4.78 is 0. The van der Waals surface area contributed by atoms with Crippen molar-refractivity contribution >= 4 is 23.4 Å². The number of carbonyl (C=O) groups excluding carboxylic acids is 3. The fourth-order valence-electron chi connectivity index (χ4n) is 4.44. The Morgan fingerprint density at radius 2 is 1.45 bits per heavy atom. The van der Waals surface area contributed by atoms with Crippen LogP contribution in [-0.4, -0.2) is 84.8 Å². The lowest BCUT2D eigenvalue weighted by Gasteiger charge is -2.35. The van der Waals surface area contributed by atoms with E-state index in [-0.39, 0.29) is 37.0 Å². The Morgan fingerprint density at radius 1 is 0.818 bits per heavy atom. The van der Waals surface area contributed by atoms with Crippen LogP contribution in [0.4, 0.5) is 5.69 Å². The van der Waals surface area contributed by atoms with Crippen LogP contribution in [0.3, 0.4) is 0 Å². The highest BCUT2D eigenvalue weighted by Crippen LogP contribution is 2.16. The van der Waals surface area contributed by atoms with Gasteiger partial charge in [-0.3, -0.25) is 19.3 Å². The topological polar surface area (TPSA) is 88.0 Å². The first kappa shape index (κ1) is 24.7. The zero-order chi connectivity index (χ0) is 23.5. The van der Waals surface area contributed by atoms with Crippen LogP contribution in [0, 0.1) is 11.3 Å². The van der Waals surface area contributed by atoms with Gasteiger partial charge in [-0.25, -0.2) is 0 Å². The second-order valence-corrected chi connectivity index (χ2v) is 8.74. The minimum Gasteiger partial charge on any atom is -0.342 e. The molecule has 0 aliphatic carbocycles. The molecule has 0 aromatic heterocycles. The predicted octanol–water partition coefficient (Wildman–Crippen LogP) is 2.26. The zero-order valence-electron chi connectivity index (χ0n) is 19.5. The van der Waals surface area contributed by atoms with E-state index < -0.39 is 0 Å². The third-order valence-corrected chi connectivity index (χ3v) is 6.41. The Balaban J connectivity index is 1.42. The first-order valence-corrected chi connectivity index (χ1v) is 12.1. The highest BCUT2D eigenvalue weighted by molar-refractivity contribution is 5.95. The third kappa shape index (κ3) is 7.57. The predicted molar refractivity (Wildman–Crippen MR) is 126 cm³/mol. The molecule has 0 unspecified atom stereocenters. The van der Waals surface area contributed by atoms with E-state index in [1.54, 1.807) is 9.80 Å². The number of amides is 3. The number of hydrogen-bond acceptors (Lipinski definition) is 5. The monoisotopic (exact) mass is 453 g/mol. The summed E-state index contributed by atoms with van der Waals surface area (Å²) in [7, 11) is 0. The molecule has 2 aliphatic rings. The van der Waals surface area contributed by atoms with Crippen molar-refractivity contribution in [3.63, 3.8) is 0 Å². The fourth-order valence-corrected chi connectivity index (χ4v) is 4.44. The molecule has 2 fully saturated rings. The van der Waals surface area contributed by atoms with Gasteiger partial charge in [0.15, 0.2) is 0 Å². The van der Waals surface area contributed by atoms with Crippen molar-refractivity contribution in [3.05, 3.63) is 30.3 Å². The van der Waals surface area contributed by atoms with Crippen LogP contribution < -0.4 is 4.90 Å². The average molecular weight is 454 g/mol. The number of nitriles is 1. The van der Waals surface area contributed by atoms with Gasteiger partial charge in [0.2, 0.25) is 17.7 Å². The van der Waals surface area contributed by atoms with Gasteiger partial charge in [0.1, 0.15) is 0 Å². The summed E-state index contributed by atoms with van der Waals surface area (Å²) in [5.74, 6) is 0.0160. The van der Waals surface area contributed by atoms with Crippen LogP contribution in [0.2, 0.25) is 0 Å². The molecule has 1 aromatic carbocycles. The number of likely N-dealkylation sites (tertiary alicyclic amines) is 1. The molecule has 3 amide bonds. The summed E-state index contributed by atoms with van der Waals surface area (Å²) >= 11 is 0. The SMILES string of the molecule is N#CCCN(C(=O)CCC(=O)N1CCN(CC(=O)N2CCCCCC2)CC1)c1ccccc1. The molecule has 0 saturated carbocycles. The van der Waals surface area contributed by atoms with E-state index in [1.165, 1.54) is 12.8 Å². The molecule has 2 heterocycles. The van der Waals surface area contributed by atoms with Crippen LogP contribution in [0.5, 0.6) is 0 Å². The minimum absolute atomic E-state index is 0.0323. The summed E-state index contributed by atoms with van der Waals surface area (Å²) in [6.07, 6.45) is 5.10. The van der Waals surface area contributed by atoms with Crippen molar-refractivity contribution in [3.8, 4) is 6.07 Å². The molecule has 2 saturated heterocycles. The lowest BCUT2D eigenvalue weighted by molar-refractivity contribution is -0.136. The van der Waals surface area contributed by atoms with Gasteiger partial charge in [-0.1, -0.05) is 31.0 Å². The Kier molecular flexibility index (Phi) is 9.70. The number of rotatable bonds is 8. The van der Waals surface area contributed by atoms with E-state index >= 15 is 0 Å². The number of para-hydroxylation sites is 1. The second kappa shape index (κ2) is 12.9. The normalized spacial score (nSPS) is 17.2. The molecule has 33 heavy (non-hydrogen) atoms. The number of benzene rings is 1. The first-order chi connectivity index (χ1) is 16.1. The molecular formula is C25H35N5O3. The van der Waals surface area contributed by atoms with Gasteiger partial charge in [-0.05, 0) is 25.0 Å². The highest BCUT2D eigenvalue weighted by atomic mass is 16.2. The van der Waals surface area contributed by atoms with Crippen molar-refractivity contribution in [1.82, 2.24) is 14.7 Å². The van der Waals surface area contributed by atoms with Gasteiger partial charge >= 0.3 is 0 Å². The summed E-state index contributed by atoms with van der Waals surface area (Å²) in [6.45, 7) is 4.98. The molecule has 0 N–H and O–H groups in total. The second-order valence-electron chi connectivity index (χ2n) is 8.74. The van der Waals surface area contributed by atoms with Crippen LogP contribution in [0.25, 0.3) is 0 Å². The minimum atomic E-state index is -0.147. The maximum absolute atomic E-state index is 12.8. The number of hydrogen-bond donors (Lipinski definition) is 0. The molecule has 1 aromatic rings. The van der Waals surface area contributed by atoms with E-state index in [9.17, 15) is 14.4 Å². The molecule has 8 nitrogen and oxygen atoms in total. The fraction of sp³-hybridized carbons (Fsp3) is 0.600. The number of carbonyl (C=O) groups is 3. The van der Waals surface area contributed by atoms with Crippen molar-refractivity contribution in [2.75, 3.05) is 57.3 Å². The van der Waals surface area contributed by atoms with Crippen molar-refractivity contribution in [1.29, 1.82) is 5.26 Å². The molecule has 2 aliphatic heterocycles. The van der Waals surface area contributed by atoms with Gasteiger partial charge in [-0.15, -0.1) is 0 Å². The van der Waals surface area contributed by atoms with E-state index in [4.69, 9.17) is 5.26 Å². The molecule has 0 spiro atoms. The van der Waals surface area contributed by atoms with Crippen LogP contribution in [0.1, 0.15) is 44.9 Å². The quantitative estimate of drug-likeness (QED) is 0.603. The molecule has 8 heteroatoms. The number of piperazine rings is 1. The Bertz CT molecular complexity index is 822. The van der Waals surface area contributed by atoms with Crippen molar-refractivity contribution in [2.45, 2.75) is 44.9 Å². The molecule has 3 rings (SSSR count). The van der Waals surface area contributed by atoms with Gasteiger partial charge in [0.05, 0.1) is 19.0 Å². The smallest absolute Gasteiger partial charge is 0.236 e. The van der Waals surface area contributed by atoms with Gasteiger partial charge in [-0.2, -0.15) is 5.26 Å². The van der Waals surface area contributed by atoms with Gasteiger partial charge in [0.25, 0.3) is 0 Å². The average Bonchev–Trinajstić information content (AvgIpc) is 3.14. The molecular weight excluding hydrogens is 418 g/mol. The van der Waals surface area contributed by atoms with E-state index in [1.807, 2.05) is 35.2 Å². The Hall–Kier alpha value is -2.92. The number of anilines is 1. The molecule has 178 valence electrons. The summed E-state index contributed by atoms with van der Waals surface area (Å²) in [5.41, 5.74) is 0.743. The summed E-state index contributed by atoms with van der Waals surface area (Å²) in [4.78, 5) is 45.6. The van der Waals surface area contributed by atoms with Crippen LogP contribution in [0.15, 0.2) is 30.3 Å². The highest BCUT2D eigenvalue weighted by Gasteiger charge is 2.25. The van der Waals surface area contributed by atoms with E-state index in [0.29, 0.717) is 39.3 Å². The number of nitrogens with zero attached hydrogens (tertiary/aromatic N) is 5. The Labute approximate surface area is 196 Å². The lowest BCUT2D eigenvalue weighted by atomic mass is 10.2. The maximum atomic E-state index is 12.8. The maximum Gasteiger partial charge on any atom is 0.236 e.